The number of hydrogen-bond acceptors (Lipinski definition) is 4. The average molecular weight is 455 g/mol. The molecule has 0 fully saturated rings. The van der Waals surface area contributed by atoms with Gasteiger partial charge in [0.25, 0.3) is 0 Å². The first-order valence-corrected chi connectivity index (χ1v) is 9.63. The van der Waals surface area contributed by atoms with Crippen LogP contribution in [0.4, 0.5) is 5.69 Å². The number of hydrogen-bond donors (Lipinski definition) is 0. The molecule has 0 saturated carbocycles. The molecule has 0 bridgehead atoms. The van der Waals surface area contributed by atoms with Crippen molar-refractivity contribution in [3.8, 4) is 5.75 Å². The second-order valence-electron chi connectivity index (χ2n) is 6.05. The van der Waals surface area contributed by atoms with Gasteiger partial charge in [-0.25, -0.2) is 4.79 Å². The van der Waals surface area contributed by atoms with E-state index in [1.807, 2.05) is 30.0 Å². The number of benzene rings is 2. The van der Waals surface area contributed by atoms with E-state index in [1.165, 1.54) is 6.07 Å². The van der Waals surface area contributed by atoms with Crippen LogP contribution in [-0.2, 0) is 13.0 Å². The van der Waals surface area contributed by atoms with Gasteiger partial charge in [-0.1, -0.05) is 46.1 Å². The molecule has 0 amide bonds. The van der Waals surface area contributed by atoms with Crippen LogP contribution >= 0.6 is 39.1 Å². The summed E-state index contributed by atoms with van der Waals surface area (Å²) < 4.78 is 12.3. The van der Waals surface area contributed by atoms with Crippen molar-refractivity contribution in [1.82, 2.24) is 0 Å². The van der Waals surface area contributed by atoms with Gasteiger partial charge in [-0.15, -0.1) is 0 Å². The summed E-state index contributed by atoms with van der Waals surface area (Å²) in [5.41, 5.74) is 2.64. The fourth-order valence-electron chi connectivity index (χ4n) is 3.24. The zero-order valence-electron chi connectivity index (χ0n) is 13.8. The minimum atomic E-state index is -0.377. The summed E-state index contributed by atoms with van der Waals surface area (Å²) in [7, 11) is 0. The first-order valence-electron chi connectivity index (χ1n) is 8.09. The quantitative estimate of drug-likeness (QED) is 0.460. The molecule has 26 heavy (non-hydrogen) atoms. The molecule has 0 spiro atoms. The van der Waals surface area contributed by atoms with E-state index < -0.39 is 0 Å². The summed E-state index contributed by atoms with van der Waals surface area (Å²) in [6, 6.07) is 8.99. The van der Waals surface area contributed by atoms with Gasteiger partial charge in [0.1, 0.15) is 11.3 Å². The second-order valence-corrected chi connectivity index (χ2v) is 7.78. The van der Waals surface area contributed by atoms with Crippen LogP contribution < -0.4 is 15.3 Å². The number of fused-ring (bicyclic) bond motifs is 3. The van der Waals surface area contributed by atoms with E-state index in [0.29, 0.717) is 41.1 Å². The Balaban J connectivity index is 1.89. The standard InChI is InChI=1S/C19H14BrCl2NO3/c1-2-10-5-17(24)26-18-12(10)7-15(22)19-13(18)8-23(9-25-19)16-4-3-11(20)6-14(16)21/h3-7H,2,8-9H2,1H3. The number of rotatable bonds is 2. The Kier molecular flexibility index (Phi) is 4.63. The maximum Gasteiger partial charge on any atom is 0.336 e. The van der Waals surface area contributed by atoms with Gasteiger partial charge in [-0.05, 0) is 36.2 Å². The molecule has 0 N–H and O–H groups in total. The van der Waals surface area contributed by atoms with E-state index in [2.05, 4.69) is 15.9 Å². The van der Waals surface area contributed by atoms with Crippen LogP contribution in [0.25, 0.3) is 11.0 Å². The Morgan fingerprint density at radius 2 is 2.00 bits per heavy atom. The monoisotopic (exact) mass is 453 g/mol. The van der Waals surface area contributed by atoms with Gasteiger partial charge in [0.2, 0.25) is 0 Å². The molecule has 1 aromatic heterocycles. The first-order chi connectivity index (χ1) is 12.5. The van der Waals surface area contributed by atoms with E-state index in [9.17, 15) is 4.79 Å². The maximum atomic E-state index is 12.0. The fourth-order valence-corrected chi connectivity index (χ4v) is 4.31. The number of nitrogens with zero attached hydrogens (tertiary/aromatic N) is 1. The molecule has 0 radical (unpaired) electrons. The summed E-state index contributed by atoms with van der Waals surface area (Å²) in [6.45, 7) is 2.77. The average Bonchev–Trinajstić information content (AvgIpc) is 2.61. The van der Waals surface area contributed by atoms with Crippen molar-refractivity contribution in [2.24, 2.45) is 0 Å². The van der Waals surface area contributed by atoms with E-state index in [4.69, 9.17) is 32.4 Å². The minimum Gasteiger partial charge on any atom is -0.471 e. The Labute approximate surface area is 168 Å². The summed E-state index contributed by atoms with van der Waals surface area (Å²) in [6.07, 6.45) is 0.709. The molecule has 4 rings (SSSR count). The number of aryl methyl sites for hydroxylation is 1. The topological polar surface area (TPSA) is 42.7 Å². The molecule has 3 aromatic rings. The minimum absolute atomic E-state index is 0.303. The largest absolute Gasteiger partial charge is 0.471 e. The van der Waals surface area contributed by atoms with E-state index >= 15 is 0 Å². The van der Waals surface area contributed by atoms with Crippen LogP contribution in [0.1, 0.15) is 18.1 Å². The van der Waals surface area contributed by atoms with Crippen molar-refractivity contribution in [3.63, 3.8) is 0 Å². The second kappa shape index (κ2) is 6.80. The molecule has 2 aromatic carbocycles. The molecule has 0 unspecified atom stereocenters. The zero-order valence-corrected chi connectivity index (χ0v) is 16.9. The molecule has 2 heterocycles. The Bertz CT molecular complexity index is 1080. The molecule has 4 nitrogen and oxygen atoms in total. The summed E-state index contributed by atoms with van der Waals surface area (Å²) in [5, 5.41) is 1.95. The molecule has 0 aliphatic carbocycles. The lowest BCUT2D eigenvalue weighted by Crippen LogP contribution is -2.32. The van der Waals surface area contributed by atoms with Gasteiger partial charge in [0, 0.05) is 15.9 Å². The predicted molar refractivity (Wildman–Crippen MR) is 108 cm³/mol. The van der Waals surface area contributed by atoms with Gasteiger partial charge in [0.15, 0.2) is 6.73 Å². The van der Waals surface area contributed by atoms with Crippen LogP contribution in [0.5, 0.6) is 5.75 Å². The third-order valence-corrected chi connectivity index (χ3v) is 5.54. The Hall–Kier alpha value is -1.69. The Morgan fingerprint density at radius 3 is 2.73 bits per heavy atom. The van der Waals surface area contributed by atoms with Gasteiger partial charge in [-0.2, -0.15) is 0 Å². The van der Waals surface area contributed by atoms with Crippen LogP contribution in [-0.4, -0.2) is 6.73 Å². The van der Waals surface area contributed by atoms with Gasteiger partial charge in [-0.3, -0.25) is 0 Å². The molecule has 134 valence electrons. The summed E-state index contributed by atoms with van der Waals surface area (Å²) in [4.78, 5) is 14.0. The lowest BCUT2D eigenvalue weighted by Gasteiger charge is -2.32. The molecule has 0 atom stereocenters. The van der Waals surface area contributed by atoms with Gasteiger partial charge >= 0.3 is 5.63 Å². The highest BCUT2D eigenvalue weighted by Gasteiger charge is 2.26. The highest BCUT2D eigenvalue weighted by molar-refractivity contribution is 9.10. The molecule has 1 aliphatic rings. The van der Waals surface area contributed by atoms with E-state index in [-0.39, 0.29) is 5.63 Å². The van der Waals surface area contributed by atoms with Crippen LogP contribution in [0.3, 0.4) is 0 Å². The number of ether oxygens (including phenoxy) is 1. The lowest BCUT2D eigenvalue weighted by atomic mass is 10.0. The van der Waals surface area contributed by atoms with Crippen LogP contribution in [0.2, 0.25) is 10.0 Å². The predicted octanol–water partition coefficient (Wildman–Crippen LogP) is 5.78. The van der Waals surface area contributed by atoms with Crippen molar-refractivity contribution < 1.29 is 9.15 Å². The van der Waals surface area contributed by atoms with Crippen molar-refractivity contribution in [2.45, 2.75) is 19.9 Å². The normalized spacial score (nSPS) is 13.6. The van der Waals surface area contributed by atoms with Crippen LogP contribution in [0.15, 0.2) is 44.0 Å². The highest BCUT2D eigenvalue weighted by Crippen LogP contribution is 2.41. The van der Waals surface area contributed by atoms with Gasteiger partial charge < -0.3 is 14.1 Å². The number of halogens is 3. The summed E-state index contributed by atoms with van der Waals surface area (Å²) >= 11 is 16.2. The fraction of sp³-hybridized carbons (Fsp3) is 0.211. The van der Waals surface area contributed by atoms with E-state index in [0.717, 1.165) is 26.7 Å². The SMILES string of the molecule is CCc1cc(=O)oc2c3c(c(Cl)cc12)OCN(c1ccc(Br)cc1Cl)C3. The van der Waals surface area contributed by atoms with E-state index in [1.54, 1.807) is 6.07 Å². The Morgan fingerprint density at radius 1 is 1.19 bits per heavy atom. The number of anilines is 1. The molecule has 0 saturated heterocycles. The molecular weight excluding hydrogens is 441 g/mol. The third kappa shape index (κ3) is 2.98. The van der Waals surface area contributed by atoms with Crippen molar-refractivity contribution in [3.05, 3.63) is 66.4 Å². The smallest absolute Gasteiger partial charge is 0.336 e. The van der Waals surface area contributed by atoms with Crippen molar-refractivity contribution >= 4 is 55.8 Å². The summed E-state index contributed by atoms with van der Waals surface area (Å²) in [5.74, 6) is 0.556. The zero-order chi connectivity index (χ0) is 18.4. The first kappa shape index (κ1) is 17.7. The van der Waals surface area contributed by atoms with Crippen LogP contribution in [0, 0.1) is 0 Å². The van der Waals surface area contributed by atoms with Crippen molar-refractivity contribution in [2.75, 3.05) is 11.6 Å². The van der Waals surface area contributed by atoms with Gasteiger partial charge in [0.05, 0.1) is 27.8 Å². The highest BCUT2D eigenvalue weighted by atomic mass is 79.9. The third-order valence-electron chi connectivity index (χ3n) is 4.47. The molecule has 7 heteroatoms. The molecular formula is C19H14BrCl2NO3. The lowest BCUT2D eigenvalue weighted by molar-refractivity contribution is 0.289. The molecule has 1 aliphatic heterocycles. The maximum absolute atomic E-state index is 12.0. The van der Waals surface area contributed by atoms with Crippen molar-refractivity contribution in [1.29, 1.82) is 0 Å².